The second kappa shape index (κ2) is 5.94. The summed E-state index contributed by atoms with van der Waals surface area (Å²) in [5.41, 5.74) is 5.58. The number of nitrogens with zero attached hydrogens (tertiary/aromatic N) is 2. The Morgan fingerprint density at radius 3 is 2.67 bits per heavy atom. The van der Waals surface area contributed by atoms with Crippen LogP contribution in [-0.2, 0) is 5.92 Å². The SMILES string of the molecule is CNn1c(Nc2c[nH]c3ccc(C)c(F)c23)nc2cc(C(C)(F)F)ccc21. The number of rotatable bonds is 4. The van der Waals surface area contributed by atoms with Gasteiger partial charge in [-0.05, 0) is 30.7 Å². The van der Waals surface area contributed by atoms with Crippen molar-refractivity contribution in [3.8, 4) is 0 Å². The lowest BCUT2D eigenvalue weighted by atomic mass is 10.1. The highest BCUT2D eigenvalue weighted by Crippen LogP contribution is 2.33. The first-order chi connectivity index (χ1) is 12.8. The van der Waals surface area contributed by atoms with Crippen LogP contribution in [0.5, 0.6) is 0 Å². The van der Waals surface area contributed by atoms with Crippen LogP contribution in [0.4, 0.5) is 24.8 Å². The van der Waals surface area contributed by atoms with Crippen molar-refractivity contribution in [3.05, 3.63) is 53.5 Å². The summed E-state index contributed by atoms with van der Waals surface area (Å²) in [6.45, 7) is 2.54. The summed E-state index contributed by atoms with van der Waals surface area (Å²) in [7, 11) is 1.69. The quantitative estimate of drug-likeness (QED) is 0.472. The molecular weight excluding hydrogens is 355 g/mol. The Bertz CT molecular complexity index is 1150. The van der Waals surface area contributed by atoms with Gasteiger partial charge in [0.1, 0.15) is 5.82 Å². The number of nitrogens with one attached hydrogen (secondary N) is 3. The monoisotopic (exact) mass is 373 g/mol. The molecule has 0 saturated carbocycles. The van der Waals surface area contributed by atoms with Gasteiger partial charge in [0, 0.05) is 25.7 Å². The van der Waals surface area contributed by atoms with E-state index in [-0.39, 0.29) is 11.4 Å². The molecule has 0 amide bonds. The van der Waals surface area contributed by atoms with Crippen LogP contribution in [0.2, 0.25) is 0 Å². The summed E-state index contributed by atoms with van der Waals surface area (Å²) in [6, 6.07) is 7.81. The summed E-state index contributed by atoms with van der Waals surface area (Å²) in [6.07, 6.45) is 1.65. The van der Waals surface area contributed by atoms with Gasteiger partial charge in [-0.25, -0.2) is 22.8 Å². The number of halogens is 3. The normalized spacial score (nSPS) is 12.1. The van der Waals surface area contributed by atoms with Gasteiger partial charge in [-0.1, -0.05) is 12.1 Å². The number of aromatic nitrogens is 3. The lowest BCUT2D eigenvalue weighted by Crippen LogP contribution is -2.12. The second-order valence-electron chi connectivity index (χ2n) is 6.53. The number of hydrogen-bond acceptors (Lipinski definition) is 3. The summed E-state index contributed by atoms with van der Waals surface area (Å²) < 4.78 is 43.4. The summed E-state index contributed by atoms with van der Waals surface area (Å²) >= 11 is 0. The smallest absolute Gasteiger partial charge is 0.270 e. The zero-order chi connectivity index (χ0) is 19.3. The standard InChI is InChI=1S/C19H18F3N5/c1-10-4-6-12-16(17(10)20)14(9-24-12)26-18-25-13-8-11(19(2,21)22)5-7-15(13)27(18)23-3/h4-9,23-24H,1-3H3,(H,25,26). The van der Waals surface area contributed by atoms with Crippen LogP contribution in [-0.4, -0.2) is 21.7 Å². The number of fused-ring (bicyclic) bond motifs is 2. The maximum atomic E-state index is 14.6. The van der Waals surface area contributed by atoms with E-state index in [1.807, 2.05) is 0 Å². The minimum atomic E-state index is -2.96. The van der Waals surface area contributed by atoms with Crippen molar-refractivity contribution in [2.45, 2.75) is 19.8 Å². The molecule has 0 aliphatic rings. The molecule has 0 radical (unpaired) electrons. The third-order valence-electron chi connectivity index (χ3n) is 4.61. The van der Waals surface area contributed by atoms with Gasteiger partial charge in [-0.15, -0.1) is 0 Å². The van der Waals surface area contributed by atoms with Gasteiger partial charge in [0.05, 0.1) is 27.6 Å². The van der Waals surface area contributed by atoms with E-state index in [1.54, 1.807) is 43.0 Å². The molecule has 2 heterocycles. The Morgan fingerprint density at radius 2 is 1.96 bits per heavy atom. The van der Waals surface area contributed by atoms with Gasteiger partial charge in [-0.3, -0.25) is 0 Å². The molecule has 27 heavy (non-hydrogen) atoms. The first-order valence-electron chi connectivity index (χ1n) is 8.41. The zero-order valence-corrected chi connectivity index (χ0v) is 15.0. The molecule has 5 nitrogen and oxygen atoms in total. The van der Waals surface area contributed by atoms with E-state index < -0.39 is 5.92 Å². The highest BCUT2D eigenvalue weighted by molar-refractivity contribution is 5.95. The van der Waals surface area contributed by atoms with Crippen molar-refractivity contribution in [2.75, 3.05) is 17.8 Å². The van der Waals surface area contributed by atoms with Crippen molar-refractivity contribution in [2.24, 2.45) is 0 Å². The number of hydrogen-bond donors (Lipinski definition) is 3. The maximum Gasteiger partial charge on any atom is 0.270 e. The molecule has 2 aromatic heterocycles. The number of alkyl halides is 2. The number of imidazole rings is 1. The Balaban J connectivity index is 1.84. The topological polar surface area (TPSA) is 57.7 Å². The average molecular weight is 373 g/mol. The van der Waals surface area contributed by atoms with Crippen molar-refractivity contribution < 1.29 is 13.2 Å². The van der Waals surface area contributed by atoms with Crippen molar-refractivity contribution in [1.82, 2.24) is 14.6 Å². The fourth-order valence-electron chi connectivity index (χ4n) is 3.17. The van der Waals surface area contributed by atoms with Gasteiger partial charge in [-0.2, -0.15) is 0 Å². The van der Waals surface area contributed by atoms with Gasteiger partial charge >= 0.3 is 0 Å². The van der Waals surface area contributed by atoms with E-state index >= 15 is 0 Å². The van der Waals surface area contributed by atoms with E-state index in [1.165, 1.54) is 12.1 Å². The predicted octanol–water partition coefficient (Wildman–Crippen LogP) is 4.99. The molecule has 0 aliphatic carbocycles. The number of aromatic amines is 1. The summed E-state index contributed by atoms with van der Waals surface area (Å²) in [4.78, 5) is 7.43. The third kappa shape index (κ3) is 2.77. The molecule has 0 fully saturated rings. The molecule has 0 atom stereocenters. The number of benzene rings is 2. The maximum absolute atomic E-state index is 14.6. The van der Waals surface area contributed by atoms with E-state index in [0.717, 1.165) is 6.92 Å². The number of H-pyrrole nitrogens is 1. The lowest BCUT2D eigenvalue weighted by molar-refractivity contribution is 0.0176. The third-order valence-corrected chi connectivity index (χ3v) is 4.61. The first-order valence-corrected chi connectivity index (χ1v) is 8.41. The lowest BCUT2D eigenvalue weighted by Gasteiger charge is -2.11. The minimum absolute atomic E-state index is 0.115. The second-order valence-corrected chi connectivity index (χ2v) is 6.53. The molecule has 4 aromatic rings. The molecule has 140 valence electrons. The van der Waals surface area contributed by atoms with Crippen molar-refractivity contribution in [1.29, 1.82) is 0 Å². The highest BCUT2D eigenvalue weighted by atomic mass is 19.3. The minimum Gasteiger partial charge on any atom is -0.359 e. The molecule has 2 aromatic carbocycles. The molecule has 0 saturated heterocycles. The van der Waals surface area contributed by atoms with Crippen LogP contribution < -0.4 is 10.7 Å². The predicted molar refractivity (Wildman–Crippen MR) is 101 cm³/mol. The van der Waals surface area contributed by atoms with Crippen LogP contribution >= 0.6 is 0 Å². The van der Waals surface area contributed by atoms with Crippen LogP contribution in [0.25, 0.3) is 21.9 Å². The number of anilines is 2. The average Bonchev–Trinajstić information content (AvgIpc) is 3.18. The first kappa shape index (κ1) is 17.3. The fourth-order valence-corrected chi connectivity index (χ4v) is 3.17. The summed E-state index contributed by atoms with van der Waals surface area (Å²) in [5.74, 6) is -2.91. The van der Waals surface area contributed by atoms with Crippen molar-refractivity contribution >= 4 is 33.6 Å². The summed E-state index contributed by atoms with van der Waals surface area (Å²) in [5, 5.41) is 3.51. The van der Waals surface area contributed by atoms with E-state index in [4.69, 9.17) is 0 Å². The molecule has 0 spiro atoms. The highest BCUT2D eigenvalue weighted by Gasteiger charge is 2.25. The largest absolute Gasteiger partial charge is 0.359 e. The van der Waals surface area contributed by atoms with Crippen LogP contribution in [0.15, 0.2) is 36.5 Å². The van der Waals surface area contributed by atoms with Gasteiger partial charge < -0.3 is 15.7 Å². The molecule has 8 heteroatoms. The Labute approximate surface area is 153 Å². The van der Waals surface area contributed by atoms with Crippen LogP contribution in [0.3, 0.4) is 0 Å². The molecule has 0 bridgehead atoms. The molecule has 4 rings (SSSR count). The molecule has 0 unspecified atom stereocenters. The van der Waals surface area contributed by atoms with E-state index in [0.29, 0.717) is 39.1 Å². The number of aryl methyl sites for hydroxylation is 1. The zero-order valence-electron chi connectivity index (χ0n) is 15.0. The van der Waals surface area contributed by atoms with Crippen LogP contribution in [0, 0.1) is 12.7 Å². The van der Waals surface area contributed by atoms with Gasteiger partial charge in [0.15, 0.2) is 0 Å². The Kier molecular flexibility index (Phi) is 3.80. The Hall–Kier alpha value is -3.16. The van der Waals surface area contributed by atoms with Gasteiger partial charge in [0.2, 0.25) is 5.95 Å². The molecule has 3 N–H and O–H groups in total. The van der Waals surface area contributed by atoms with E-state index in [9.17, 15) is 13.2 Å². The van der Waals surface area contributed by atoms with E-state index in [2.05, 4.69) is 20.7 Å². The Morgan fingerprint density at radius 1 is 1.19 bits per heavy atom. The fraction of sp³-hybridized carbons (Fsp3) is 0.211. The van der Waals surface area contributed by atoms with Crippen molar-refractivity contribution in [3.63, 3.8) is 0 Å². The van der Waals surface area contributed by atoms with Crippen LogP contribution in [0.1, 0.15) is 18.1 Å². The molecule has 0 aliphatic heterocycles. The van der Waals surface area contributed by atoms with Gasteiger partial charge in [0.25, 0.3) is 5.92 Å². The molecular formula is C19H18F3N5.